The van der Waals surface area contributed by atoms with Gasteiger partial charge in [-0.25, -0.2) is 4.79 Å². The molecular weight excluding hydrogens is 251 g/mol. The molecule has 1 rings (SSSR count). The van der Waals surface area contributed by atoms with Crippen molar-refractivity contribution in [1.29, 1.82) is 0 Å². The van der Waals surface area contributed by atoms with Crippen molar-refractivity contribution in [1.82, 2.24) is 4.57 Å². The van der Waals surface area contributed by atoms with Crippen LogP contribution in [0.4, 0.5) is 13.2 Å². The van der Waals surface area contributed by atoms with Crippen molar-refractivity contribution in [2.45, 2.75) is 19.6 Å². The summed E-state index contributed by atoms with van der Waals surface area (Å²) in [5, 5.41) is 8.47. The van der Waals surface area contributed by atoms with Crippen LogP contribution in [0.25, 0.3) is 0 Å². The summed E-state index contributed by atoms with van der Waals surface area (Å²) >= 11 is 0. The minimum Gasteiger partial charge on any atom is -0.478 e. The normalized spacial score (nSPS) is 12.6. The highest BCUT2D eigenvalue weighted by molar-refractivity contribution is 5.80. The number of aromatic nitrogens is 1. The number of carboxylic acid groups (broad SMARTS) is 1. The van der Waals surface area contributed by atoms with Crippen molar-refractivity contribution in [3.8, 4) is 0 Å². The molecule has 0 spiro atoms. The van der Waals surface area contributed by atoms with Gasteiger partial charge in [0.2, 0.25) is 0 Å². The minimum absolute atomic E-state index is 0.140. The van der Waals surface area contributed by atoms with Crippen LogP contribution in [0, 0.1) is 0 Å². The minimum atomic E-state index is -4.66. The maximum atomic E-state index is 12.6. The predicted octanol–water partition coefficient (Wildman–Crippen LogP) is 1.90. The van der Waals surface area contributed by atoms with Gasteiger partial charge in [-0.2, -0.15) is 13.2 Å². The summed E-state index contributed by atoms with van der Waals surface area (Å²) in [6, 6.07) is 2.77. The standard InChI is InChI=1S/C11H10F3NO3/c1-7(5-10(17)18)6-15-8(11(12,13)14)3-2-4-9(15)16/h2-5H,6H2,1H3,(H,17,18)/b7-5-. The van der Waals surface area contributed by atoms with E-state index >= 15 is 0 Å². The fourth-order valence-corrected chi connectivity index (χ4v) is 1.44. The Morgan fingerprint density at radius 2 is 2.06 bits per heavy atom. The van der Waals surface area contributed by atoms with Gasteiger partial charge in [-0.1, -0.05) is 6.07 Å². The van der Waals surface area contributed by atoms with E-state index in [2.05, 4.69) is 0 Å². The maximum Gasteiger partial charge on any atom is 0.431 e. The number of carboxylic acids is 1. The van der Waals surface area contributed by atoms with Crippen molar-refractivity contribution in [2.24, 2.45) is 0 Å². The van der Waals surface area contributed by atoms with Gasteiger partial charge in [0.15, 0.2) is 0 Å². The molecule has 1 aromatic heterocycles. The topological polar surface area (TPSA) is 59.3 Å². The first kappa shape index (κ1) is 14.0. The summed E-state index contributed by atoms with van der Waals surface area (Å²) in [5.74, 6) is -1.27. The third-order valence-corrected chi connectivity index (χ3v) is 2.12. The number of hydrogen-bond donors (Lipinski definition) is 1. The molecule has 7 heteroatoms. The van der Waals surface area contributed by atoms with E-state index in [4.69, 9.17) is 5.11 Å². The Hall–Kier alpha value is -2.05. The molecule has 0 aliphatic carbocycles. The van der Waals surface area contributed by atoms with Gasteiger partial charge >= 0.3 is 12.1 Å². The van der Waals surface area contributed by atoms with E-state index < -0.39 is 29.9 Å². The van der Waals surface area contributed by atoms with Crippen LogP contribution in [0.1, 0.15) is 12.6 Å². The van der Waals surface area contributed by atoms with E-state index in [1.165, 1.54) is 6.92 Å². The van der Waals surface area contributed by atoms with Gasteiger partial charge in [0.05, 0.1) is 0 Å². The van der Waals surface area contributed by atoms with Gasteiger partial charge in [0.25, 0.3) is 5.56 Å². The summed E-state index contributed by atoms with van der Waals surface area (Å²) in [5.41, 5.74) is -1.79. The lowest BCUT2D eigenvalue weighted by molar-refractivity contribution is -0.144. The number of allylic oxidation sites excluding steroid dienone is 1. The van der Waals surface area contributed by atoms with Crippen LogP contribution >= 0.6 is 0 Å². The zero-order valence-corrected chi connectivity index (χ0v) is 9.36. The van der Waals surface area contributed by atoms with Crippen LogP contribution in [0.15, 0.2) is 34.6 Å². The number of halogens is 3. The first-order chi connectivity index (χ1) is 8.21. The molecule has 0 saturated heterocycles. The number of pyridine rings is 1. The van der Waals surface area contributed by atoms with E-state index in [-0.39, 0.29) is 5.57 Å². The lowest BCUT2D eigenvalue weighted by Crippen LogP contribution is -2.27. The summed E-state index contributed by atoms with van der Waals surface area (Å²) < 4.78 is 38.4. The summed E-state index contributed by atoms with van der Waals surface area (Å²) in [4.78, 5) is 21.8. The van der Waals surface area contributed by atoms with Gasteiger partial charge in [-0.3, -0.25) is 4.79 Å². The smallest absolute Gasteiger partial charge is 0.431 e. The molecule has 0 radical (unpaired) electrons. The lowest BCUT2D eigenvalue weighted by atomic mass is 10.2. The van der Waals surface area contributed by atoms with Gasteiger partial charge in [0.1, 0.15) is 5.69 Å². The summed E-state index contributed by atoms with van der Waals surface area (Å²) in [6.45, 7) is 0.925. The van der Waals surface area contributed by atoms with Crippen LogP contribution in [0.3, 0.4) is 0 Å². The second-order valence-electron chi connectivity index (χ2n) is 3.66. The molecule has 0 amide bonds. The highest BCUT2D eigenvalue weighted by Crippen LogP contribution is 2.28. The second-order valence-corrected chi connectivity index (χ2v) is 3.66. The molecule has 0 unspecified atom stereocenters. The summed E-state index contributed by atoms with van der Waals surface area (Å²) in [6.07, 6.45) is -3.90. The van der Waals surface area contributed by atoms with Crippen LogP contribution in [-0.4, -0.2) is 15.6 Å². The van der Waals surface area contributed by atoms with Gasteiger partial charge in [-0.05, 0) is 18.6 Å². The molecule has 98 valence electrons. The Balaban J connectivity index is 3.24. The summed E-state index contributed by atoms with van der Waals surface area (Å²) in [7, 11) is 0. The van der Waals surface area contributed by atoms with Gasteiger partial charge in [-0.15, -0.1) is 0 Å². The Labute approximate surface area is 100.0 Å². The molecule has 18 heavy (non-hydrogen) atoms. The molecule has 0 aromatic carbocycles. The number of alkyl halides is 3. The second kappa shape index (κ2) is 5.07. The van der Waals surface area contributed by atoms with E-state index in [1.54, 1.807) is 0 Å². The predicted molar refractivity (Wildman–Crippen MR) is 57.1 cm³/mol. The average molecular weight is 261 g/mol. The average Bonchev–Trinajstić information content (AvgIpc) is 2.18. The third kappa shape index (κ3) is 3.47. The first-order valence-electron chi connectivity index (χ1n) is 4.89. The number of carbonyl (C=O) groups is 1. The molecule has 0 saturated carbocycles. The Morgan fingerprint density at radius 1 is 1.44 bits per heavy atom. The van der Waals surface area contributed by atoms with E-state index in [1.807, 2.05) is 0 Å². The Morgan fingerprint density at radius 3 is 2.56 bits per heavy atom. The third-order valence-electron chi connectivity index (χ3n) is 2.12. The Bertz CT molecular complexity index is 543. The maximum absolute atomic E-state index is 12.6. The SMILES string of the molecule is C/C(=C/C(=O)O)Cn1c(C(F)(F)F)cccc1=O. The Kier molecular flexibility index (Phi) is 3.95. The molecule has 0 aliphatic heterocycles. The zero-order chi connectivity index (χ0) is 13.9. The van der Waals surface area contributed by atoms with Crippen LogP contribution in [-0.2, 0) is 17.5 Å². The highest BCUT2D eigenvalue weighted by atomic mass is 19.4. The number of nitrogens with zero attached hydrogens (tertiary/aromatic N) is 1. The molecule has 0 bridgehead atoms. The van der Waals surface area contributed by atoms with Crippen molar-refractivity contribution in [3.63, 3.8) is 0 Å². The van der Waals surface area contributed by atoms with Crippen LogP contribution in [0.5, 0.6) is 0 Å². The lowest BCUT2D eigenvalue weighted by Gasteiger charge is -2.14. The van der Waals surface area contributed by atoms with Gasteiger partial charge in [0, 0.05) is 18.7 Å². The van der Waals surface area contributed by atoms with Crippen LogP contribution < -0.4 is 5.56 Å². The van der Waals surface area contributed by atoms with E-state index in [0.717, 1.165) is 24.3 Å². The van der Waals surface area contributed by atoms with E-state index in [0.29, 0.717) is 4.57 Å². The van der Waals surface area contributed by atoms with Crippen molar-refractivity contribution in [2.75, 3.05) is 0 Å². The van der Waals surface area contributed by atoms with Gasteiger partial charge < -0.3 is 9.67 Å². The molecule has 1 N–H and O–H groups in total. The fourth-order valence-electron chi connectivity index (χ4n) is 1.44. The molecule has 4 nitrogen and oxygen atoms in total. The fraction of sp³-hybridized carbons (Fsp3) is 0.273. The monoisotopic (exact) mass is 261 g/mol. The zero-order valence-electron chi connectivity index (χ0n) is 9.36. The molecule has 0 fully saturated rings. The van der Waals surface area contributed by atoms with Crippen molar-refractivity contribution in [3.05, 3.63) is 45.9 Å². The van der Waals surface area contributed by atoms with Crippen molar-refractivity contribution < 1.29 is 23.1 Å². The molecule has 0 atom stereocenters. The molecular formula is C11H10F3NO3. The molecule has 0 aliphatic rings. The number of rotatable bonds is 3. The highest BCUT2D eigenvalue weighted by Gasteiger charge is 2.34. The molecule has 1 aromatic rings. The quantitative estimate of drug-likeness (QED) is 0.845. The number of hydrogen-bond acceptors (Lipinski definition) is 2. The molecule has 1 heterocycles. The largest absolute Gasteiger partial charge is 0.478 e. The number of aliphatic carboxylic acids is 1. The van der Waals surface area contributed by atoms with Crippen molar-refractivity contribution >= 4 is 5.97 Å². The first-order valence-corrected chi connectivity index (χ1v) is 4.89. The van der Waals surface area contributed by atoms with E-state index in [9.17, 15) is 22.8 Å². The van der Waals surface area contributed by atoms with Crippen LogP contribution in [0.2, 0.25) is 0 Å².